The number of ether oxygens (including phenoxy) is 1. The molecule has 1 rings (SSSR count). The number of nitriles is 1. The molecule has 0 heterocycles. The number of methoxy groups -OCH3 is 1. The van der Waals surface area contributed by atoms with Gasteiger partial charge in [0.15, 0.2) is 0 Å². The van der Waals surface area contributed by atoms with Crippen LogP contribution >= 0.6 is 0 Å². The third-order valence-electron chi connectivity index (χ3n) is 2.46. The Morgan fingerprint density at radius 1 is 1.47 bits per heavy atom. The Bertz CT molecular complexity index is 504. The van der Waals surface area contributed by atoms with Crippen molar-refractivity contribution >= 4 is 11.6 Å². The largest absolute Gasteiger partial charge is 0.387 e. The number of nitrogens with zero attached hydrogens (tertiary/aromatic N) is 1. The van der Waals surface area contributed by atoms with E-state index in [0.29, 0.717) is 18.8 Å². The van der Waals surface area contributed by atoms with Gasteiger partial charge in [0, 0.05) is 25.5 Å². The van der Waals surface area contributed by atoms with Gasteiger partial charge in [-0.3, -0.25) is 4.79 Å². The molecule has 0 saturated carbocycles. The molecule has 2 N–H and O–H groups in total. The van der Waals surface area contributed by atoms with Crippen molar-refractivity contribution in [2.24, 2.45) is 0 Å². The highest BCUT2D eigenvalue weighted by Gasteiger charge is 2.09. The highest BCUT2D eigenvalue weighted by atomic mass is 16.5. The van der Waals surface area contributed by atoms with Crippen molar-refractivity contribution in [3.63, 3.8) is 0 Å². The fraction of sp³-hybridized carbons (Fsp3) is 0.286. The van der Waals surface area contributed by atoms with Crippen LogP contribution in [0.25, 0.3) is 0 Å². The third kappa shape index (κ3) is 4.82. The molecule has 1 aromatic rings. The van der Waals surface area contributed by atoms with Crippen LogP contribution in [0.3, 0.4) is 0 Å². The summed E-state index contributed by atoms with van der Waals surface area (Å²) in [5.41, 5.74) is 1.67. The van der Waals surface area contributed by atoms with Gasteiger partial charge in [-0.15, -0.1) is 0 Å². The van der Waals surface area contributed by atoms with Gasteiger partial charge in [0.25, 0.3) is 5.91 Å². The molecular weight excluding hydrogens is 242 g/mol. The monoisotopic (exact) mass is 259 g/mol. The number of anilines is 1. The third-order valence-corrected chi connectivity index (χ3v) is 2.46. The van der Waals surface area contributed by atoms with Crippen molar-refractivity contribution in [1.82, 2.24) is 5.32 Å². The first-order valence-corrected chi connectivity index (χ1v) is 5.88. The van der Waals surface area contributed by atoms with E-state index in [1.165, 1.54) is 6.20 Å². The van der Waals surface area contributed by atoms with Crippen molar-refractivity contribution in [2.75, 3.05) is 25.6 Å². The number of carbonyl (C=O) groups excluding carboxylic acids is 1. The molecule has 0 atom stereocenters. The van der Waals surface area contributed by atoms with Gasteiger partial charge in [-0.05, 0) is 18.6 Å². The minimum atomic E-state index is -0.429. The molecule has 1 aromatic carbocycles. The molecule has 0 saturated heterocycles. The maximum atomic E-state index is 11.9. The van der Waals surface area contributed by atoms with Gasteiger partial charge >= 0.3 is 0 Å². The zero-order chi connectivity index (χ0) is 14.1. The zero-order valence-corrected chi connectivity index (χ0v) is 11.1. The number of amides is 1. The predicted octanol–water partition coefficient (Wildman–Crippen LogP) is 1.58. The Hall–Kier alpha value is -2.32. The van der Waals surface area contributed by atoms with Crippen LogP contribution in [0.1, 0.15) is 5.56 Å². The Balaban J connectivity index is 2.65. The number of hydrogen-bond donors (Lipinski definition) is 2. The van der Waals surface area contributed by atoms with Crippen LogP contribution in [0.5, 0.6) is 0 Å². The molecule has 0 bridgehead atoms. The fourth-order valence-corrected chi connectivity index (χ4v) is 1.39. The molecule has 0 radical (unpaired) electrons. The van der Waals surface area contributed by atoms with Crippen LogP contribution in [0, 0.1) is 18.3 Å². The highest BCUT2D eigenvalue weighted by molar-refractivity contribution is 6.06. The van der Waals surface area contributed by atoms with Crippen molar-refractivity contribution < 1.29 is 9.53 Å². The average Bonchev–Trinajstić information content (AvgIpc) is 2.41. The first kappa shape index (κ1) is 14.7. The molecule has 0 aromatic heterocycles. The van der Waals surface area contributed by atoms with Crippen LogP contribution < -0.4 is 10.6 Å². The van der Waals surface area contributed by atoms with E-state index >= 15 is 0 Å². The van der Waals surface area contributed by atoms with E-state index in [1.807, 2.05) is 31.2 Å². The maximum Gasteiger partial charge on any atom is 0.267 e. The lowest BCUT2D eigenvalue weighted by Crippen LogP contribution is -2.19. The van der Waals surface area contributed by atoms with Crippen LogP contribution in [0.4, 0.5) is 5.69 Å². The normalized spacial score (nSPS) is 10.7. The average molecular weight is 259 g/mol. The Kier molecular flexibility index (Phi) is 6.13. The summed E-state index contributed by atoms with van der Waals surface area (Å²) in [6, 6.07) is 9.26. The summed E-state index contributed by atoms with van der Waals surface area (Å²) >= 11 is 0. The van der Waals surface area contributed by atoms with Crippen molar-refractivity contribution in [3.05, 3.63) is 41.6 Å². The minimum absolute atomic E-state index is 0.0272. The van der Waals surface area contributed by atoms with Crippen molar-refractivity contribution in [2.45, 2.75) is 6.92 Å². The van der Waals surface area contributed by atoms with Gasteiger partial charge in [0.05, 0.1) is 6.61 Å². The van der Waals surface area contributed by atoms with E-state index in [4.69, 9.17) is 10.00 Å². The summed E-state index contributed by atoms with van der Waals surface area (Å²) in [6.07, 6.45) is 1.40. The molecule has 5 heteroatoms. The lowest BCUT2D eigenvalue weighted by Gasteiger charge is -2.07. The van der Waals surface area contributed by atoms with E-state index in [0.717, 1.165) is 5.56 Å². The second kappa shape index (κ2) is 7.90. The maximum absolute atomic E-state index is 11.9. The molecule has 0 aliphatic rings. The summed E-state index contributed by atoms with van der Waals surface area (Å²) in [5.74, 6) is -0.429. The summed E-state index contributed by atoms with van der Waals surface area (Å²) in [6.45, 7) is 2.94. The van der Waals surface area contributed by atoms with Gasteiger partial charge in [-0.2, -0.15) is 5.26 Å². The molecule has 5 nitrogen and oxygen atoms in total. The Morgan fingerprint density at radius 2 is 2.21 bits per heavy atom. The first-order valence-electron chi connectivity index (χ1n) is 5.88. The fourth-order valence-electron chi connectivity index (χ4n) is 1.39. The molecule has 0 aliphatic heterocycles. The van der Waals surface area contributed by atoms with E-state index in [1.54, 1.807) is 13.2 Å². The molecular formula is C14H17N3O2. The molecule has 100 valence electrons. The topological polar surface area (TPSA) is 74.1 Å². The van der Waals surface area contributed by atoms with Gasteiger partial charge in [-0.25, -0.2) is 0 Å². The molecule has 0 unspecified atom stereocenters. The summed E-state index contributed by atoms with van der Waals surface area (Å²) in [7, 11) is 1.58. The number of nitrogens with one attached hydrogen (secondary N) is 2. The Morgan fingerprint density at radius 3 is 2.84 bits per heavy atom. The predicted molar refractivity (Wildman–Crippen MR) is 73.4 cm³/mol. The zero-order valence-electron chi connectivity index (χ0n) is 11.1. The molecule has 0 fully saturated rings. The number of hydrogen-bond acceptors (Lipinski definition) is 4. The highest BCUT2D eigenvalue weighted by Crippen LogP contribution is 2.13. The number of aryl methyl sites for hydroxylation is 1. The summed E-state index contributed by atoms with van der Waals surface area (Å²) < 4.78 is 4.85. The van der Waals surface area contributed by atoms with Gasteiger partial charge in [0.2, 0.25) is 0 Å². The first-order chi connectivity index (χ1) is 9.19. The van der Waals surface area contributed by atoms with Crippen LogP contribution in [-0.4, -0.2) is 26.2 Å². The van der Waals surface area contributed by atoms with Crippen LogP contribution in [0.2, 0.25) is 0 Å². The Labute approximate surface area is 112 Å². The second-order valence-corrected chi connectivity index (χ2v) is 3.89. The van der Waals surface area contributed by atoms with Gasteiger partial charge < -0.3 is 15.4 Å². The van der Waals surface area contributed by atoms with Crippen LogP contribution in [0.15, 0.2) is 36.0 Å². The van der Waals surface area contributed by atoms with Crippen molar-refractivity contribution in [1.29, 1.82) is 5.26 Å². The molecule has 1 amide bonds. The lowest BCUT2D eigenvalue weighted by molar-refractivity contribution is -0.112. The van der Waals surface area contributed by atoms with Crippen molar-refractivity contribution in [3.8, 4) is 6.07 Å². The quantitative estimate of drug-likeness (QED) is 0.462. The second-order valence-electron chi connectivity index (χ2n) is 3.89. The number of rotatable bonds is 6. The molecule has 19 heavy (non-hydrogen) atoms. The minimum Gasteiger partial charge on any atom is -0.387 e. The summed E-state index contributed by atoms with van der Waals surface area (Å²) in [4.78, 5) is 11.9. The summed E-state index contributed by atoms with van der Waals surface area (Å²) in [5, 5.41) is 14.5. The van der Waals surface area contributed by atoms with Gasteiger partial charge in [0.1, 0.15) is 11.6 Å². The van der Waals surface area contributed by atoms with E-state index in [9.17, 15) is 4.79 Å². The standard InChI is InChI=1S/C14H17N3O2/c1-11-5-3-4-6-13(11)17-14(18)12(9-15)10-16-7-8-19-2/h3-6,10,16H,7-8H2,1-2H3,(H,17,18)/b12-10-. The molecule has 0 spiro atoms. The van der Waals surface area contributed by atoms with E-state index in [-0.39, 0.29) is 5.57 Å². The smallest absolute Gasteiger partial charge is 0.267 e. The number of para-hydroxylation sites is 1. The SMILES string of the molecule is COCCN/C=C(/C#N)C(=O)Nc1ccccc1C. The van der Waals surface area contributed by atoms with Gasteiger partial charge in [-0.1, -0.05) is 18.2 Å². The van der Waals surface area contributed by atoms with E-state index < -0.39 is 5.91 Å². The number of benzene rings is 1. The lowest BCUT2D eigenvalue weighted by atomic mass is 10.2. The van der Waals surface area contributed by atoms with Crippen LogP contribution in [-0.2, 0) is 9.53 Å². The molecule has 0 aliphatic carbocycles. The van der Waals surface area contributed by atoms with E-state index in [2.05, 4.69) is 10.6 Å². The number of carbonyl (C=O) groups is 1.